The second kappa shape index (κ2) is 8.82. The van der Waals surface area contributed by atoms with Crippen molar-refractivity contribution in [2.24, 2.45) is 11.8 Å². The number of rotatable bonds is 9. The van der Waals surface area contributed by atoms with Crippen molar-refractivity contribution in [2.45, 2.75) is 64.5 Å². The fourth-order valence-corrected chi connectivity index (χ4v) is 5.66. The second-order valence-electron chi connectivity index (χ2n) is 9.02. The normalized spacial score (nSPS) is 20.0. The Morgan fingerprint density at radius 1 is 1.19 bits per heavy atom. The zero-order valence-electron chi connectivity index (χ0n) is 18.3. The van der Waals surface area contributed by atoms with Crippen molar-refractivity contribution < 1.29 is 14.7 Å². The summed E-state index contributed by atoms with van der Waals surface area (Å²) in [6.07, 6.45) is 6.48. The zero-order chi connectivity index (χ0) is 22.2. The highest BCUT2D eigenvalue weighted by Crippen LogP contribution is 2.43. The minimum Gasteiger partial charge on any atom is -0.388 e. The molecule has 0 bridgehead atoms. The number of hydrogen-bond donors (Lipinski definition) is 4. The number of anilines is 2. The topological polar surface area (TPSA) is 121 Å². The van der Waals surface area contributed by atoms with E-state index in [0.29, 0.717) is 47.8 Å². The van der Waals surface area contributed by atoms with Crippen LogP contribution in [0.5, 0.6) is 0 Å². The summed E-state index contributed by atoms with van der Waals surface area (Å²) in [5.74, 6) is 1.74. The molecule has 2 aromatic rings. The largest absolute Gasteiger partial charge is 0.388 e. The van der Waals surface area contributed by atoms with Crippen LogP contribution in [0.25, 0.3) is 0 Å². The van der Waals surface area contributed by atoms with E-state index in [-0.39, 0.29) is 30.4 Å². The fraction of sp³-hybridized carbons (Fsp3) is 0.636. The molecule has 2 aromatic heterocycles. The van der Waals surface area contributed by atoms with Gasteiger partial charge in [0.05, 0.1) is 5.56 Å². The molecule has 2 fully saturated rings. The standard InChI is InChI=1S/C22H30N6O3S/c1-2-23-22-27-26-17(11-29)28(22)14-7-8-16-15(9-14)18(20(31)24-10-12-3-4-12)21(32-16)25-19(30)13-5-6-13/h12-14,29H,2-11H2,1H3,(H,23,27)(H,24,31)(H,25,30). The Labute approximate surface area is 191 Å². The Kier molecular flexibility index (Phi) is 5.90. The molecule has 2 saturated carbocycles. The van der Waals surface area contributed by atoms with E-state index in [0.717, 1.165) is 36.1 Å². The zero-order valence-corrected chi connectivity index (χ0v) is 19.1. The van der Waals surface area contributed by atoms with Crippen LogP contribution in [0.2, 0.25) is 0 Å². The van der Waals surface area contributed by atoms with Crippen LogP contribution in [-0.4, -0.2) is 44.8 Å². The molecule has 0 saturated heterocycles. The number of carbonyl (C=O) groups is 2. The molecule has 3 aliphatic carbocycles. The van der Waals surface area contributed by atoms with Gasteiger partial charge in [-0.25, -0.2) is 0 Å². The molecule has 1 atom stereocenters. The number of thiophene rings is 1. The van der Waals surface area contributed by atoms with E-state index in [4.69, 9.17) is 0 Å². The maximum atomic E-state index is 13.2. The van der Waals surface area contributed by atoms with E-state index >= 15 is 0 Å². The number of fused-ring (bicyclic) bond motifs is 1. The Morgan fingerprint density at radius 2 is 2.00 bits per heavy atom. The maximum Gasteiger partial charge on any atom is 0.254 e. The molecule has 9 nitrogen and oxygen atoms in total. The van der Waals surface area contributed by atoms with Crippen molar-refractivity contribution in [3.8, 4) is 0 Å². The van der Waals surface area contributed by atoms with Crippen LogP contribution >= 0.6 is 11.3 Å². The van der Waals surface area contributed by atoms with Crippen LogP contribution in [0.3, 0.4) is 0 Å². The average Bonchev–Trinajstić information content (AvgIpc) is 3.71. The fourth-order valence-electron chi connectivity index (χ4n) is 4.41. The summed E-state index contributed by atoms with van der Waals surface area (Å²) in [6.45, 7) is 3.19. The van der Waals surface area contributed by atoms with Crippen molar-refractivity contribution >= 4 is 34.1 Å². The first-order valence-electron chi connectivity index (χ1n) is 11.6. The summed E-state index contributed by atoms with van der Waals surface area (Å²) in [7, 11) is 0. The van der Waals surface area contributed by atoms with Crippen molar-refractivity contribution in [2.75, 3.05) is 23.7 Å². The first kappa shape index (κ1) is 21.4. The van der Waals surface area contributed by atoms with Crippen LogP contribution in [0.15, 0.2) is 0 Å². The number of carbonyl (C=O) groups excluding carboxylic acids is 2. The van der Waals surface area contributed by atoms with Gasteiger partial charge in [0, 0.05) is 29.9 Å². The van der Waals surface area contributed by atoms with Crippen molar-refractivity contribution in [1.82, 2.24) is 20.1 Å². The van der Waals surface area contributed by atoms with Gasteiger partial charge in [-0.15, -0.1) is 21.5 Å². The van der Waals surface area contributed by atoms with E-state index in [1.165, 1.54) is 24.2 Å². The number of aryl methyl sites for hydroxylation is 1. The van der Waals surface area contributed by atoms with Crippen LogP contribution in [0.4, 0.5) is 10.9 Å². The summed E-state index contributed by atoms with van der Waals surface area (Å²) in [5.41, 5.74) is 1.62. The van der Waals surface area contributed by atoms with E-state index in [9.17, 15) is 14.7 Å². The smallest absolute Gasteiger partial charge is 0.254 e. The van der Waals surface area contributed by atoms with Crippen LogP contribution in [-0.2, 0) is 24.2 Å². The Morgan fingerprint density at radius 3 is 2.69 bits per heavy atom. The lowest BCUT2D eigenvalue weighted by Gasteiger charge is -2.26. The predicted octanol–water partition coefficient (Wildman–Crippen LogP) is 2.48. The van der Waals surface area contributed by atoms with Gasteiger partial charge in [-0.2, -0.15) is 0 Å². The van der Waals surface area contributed by atoms with Gasteiger partial charge in [0.15, 0.2) is 5.82 Å². The van der Waals surface area contributed by atoms with Crippen LogP contribution in [0, 0.1) is 11.8 Å². The quantitative estimate of drug-likeness (QED) is 0.458. The molecule has 4 N–H and O–H groups in total. The third kappa shape index (κ3) is 4.25. The summed E-state index contributed by atoms with van der Waals surface area (Å²) in [6, 6.07) is 0.0327. The number of hydrogen-bond acceptors (Lipinski definition) is 7. The summed E-state index contributed by atoms with van der Waals surface area (Å²) in [5, 5.41) is 28.2. The number of nitrogens with zero attached hydrogens (tertiary/aromatic N) is 3. The molecule has 0 aliphatic heterocycles. The van der Waals surface area contributed by atoms with Gasteiger partial charge < -0.3 is 21.1 Å². The molecular formula is C22H30N6O3S. The lowest BCUT2D eigenvalue weighted by molar-refractivity contribution is -0.117. The molecule has 2 heterocycles. The molecule has 0 radical (unpaired) electrons. The monoisotopic (exact) mass is 458 g/mol. The third-order valence-electron chi connectivity index (χ3n) is 6.50. The summed E-state index contributed by atoms with van der Waals surface area (Å²) >= 11 is 1.54. The van der Waals surface area contributed by atoms with E-state index in [2.05, 4.69) is 26.1 Å². The lowest BCUT2D eigenvalue weighted by atomic mass is 9.90. The molecule has 2 amide bonds. The molecule has 3 aliphatic rings. The molecule has 0 aromatic carbocycles. The molecule has 32 heavy (non-hydrogen) atoms. The minimum atomic E-state index is -0.192. The minimum absolute atomic E-state index is 0.0206. The molecule has 0 spiro atoms. The molecule has 5 rings (SSSR count). The SMILES string of the molecule is CCNc1nnc(CO)n1C1CCc2sc(NC(=O)C3CC3)c(C(=O)NCC3CC3)c2C1. The van der Waals surface area contributed by atoms with Gasteiger partial charge in [-0.3, -0.25) is 14.2 Å². The molecule has 1 unspecified atom stereocenters. The highest BCUT2D eigenvalue weighted by atomic mass is 32.1. The predicted molar refractivity (Wildman–Crippen MR) is 122 cm³/mol. The second-order valence-corrected chi connectivity index (χ2v) is 10.1. The number of amides is 2. The highest BCUT2D eigenvalue weighted by molar-refractivity contribution is 7.17. The van der Waals surface area contributed by atoms with Crippen LogP contribution in [0.1, 0.15) is 71.7 Å². The van der Waals surface area contributed by atoms with E-state index < -0.39 is 0 Å². The lowest BCUT2D eigenvalue weighted by Crippen LogP contribution is -2.29. The Hall–Kier alpha value is -2.46. The van der Waals surface area contributed by atoms with Crippen molar-refractivity contribution in [3.63, 3.8) is 0 Å². The van der Waals surface area contributed by atoms with Gasteiger partial charge in [-0.05, 0) is 63.4 Å². The van der Waals surface area contributed by atoms with Crippen molar-refractivity contribution in [3.05, 3.63) is 21.8 Å². The summed E-state index contributed by atoms with van der Waals surface area (Å²) in [4.78, 5) is 26.9. The molecule has 172 valence electrons. The Bertz CT molecular complexity index is 1020. The van der Waals surface area contributed by atoms with Gasteiger partial charge in [0.25, 0.3) is 5.91 Å². The molecular weight excluding hydrogens is 428 g/mol. The first-order chi connectivity index (χ1) is 15.6. The van der Waals surface area contributed by atoms with E-state index in [1.54, 1.807) is 0 Å². The summed E-state index contributed by atoms with van der Waals surface area (Å²) < 4.78 is 1.97. The van der Waals surface area contributed by atoms with Crippen molar-refractivity contribution in [1.29, 1.82) is 0 Å². The van der Waals surface area contributed by atoms with Gasteiger partial charge in [-0.1, -0.05) is 0 Å². The van der Waals surface area contributed by atoms with Gasteiger partial charge >= 0.3 is 0 Å². The first-order valence-corrected chi connectivity index (χ1v) is 12.4. The number of nitrogens with one attached hydrogen (secondary N) is 3. The highest BCUT2D eigenvalue weighted by Gasteiger charge is 2.35. The average molecular weight is 459 g/mol. The van der Waals surface area contributed by atoms with Gasteiger partial charge in [0.2, 0.25) is 11.9 Å². The van der Waals surface area contributed by atoms with Crippen LogP contribution < -0.4 is 16.0 Å². The van der Waals surface area contributed by atoms with E-state index in [1.807, 2.05) is 11.5 Å². The number of aliphatic hydroxyl groups excluding tert-OH is 1. The maximum absolute atomic E-state index is 13.2. The van der Waals surface area contributed by atoms with Gasteiger partial charge in [0.1, 0.15) is 11.6 Å². The molecule has 10 heteroatoms. The Balaban J connectivity index is 1.46. The number of aliphatic hydroxyl groups is 1. The third-order valence-corrected chi connectivity index (χ3v) is 7.71. The number of aromatic nitrogens is 3.